The van der Waals surface area contributed by atoms with Gasteiger partial charge in [0.15, 0.2) is 0 Å². The minimum atomic E-state index is -0.487. The Kier molecular flexibility index (Phi) is 3.74. The molecule has 1 aliphatic rings. The van der Waals surface area contributed by atoms with Gasteiger partial charge >= 0.3 is 6.03 Å². The fourth-order valence-corrected chi connectivity index (χ4v) is 1.87. The van der Waals surface area contributed by atoms with E-state index in [0.717, 1.165) is 25.2 Å². The summed E-state index contributed by atoms with van der Waals surface area (Å²) in [7, 11) is 1.89. The second-order valence-electron chi connectivity index (χ2n) is 4.29. The predicted molar refractivity (Wildman–Crippen MR) is 71.4 cm³/mol. The topological polar surface area (TPSA) is 87.8 Å². The fraction of sp³-hybridized carbons (Fsp3) is 0.333. The molecule has 1 heterocycles. The van der Waals surface area contributed by atoms with Gasteiger partial charge in [0.2, 0.25) is 0 Å². The number of urea groups is 1. The summed E-state index contributed by atoms with van der Waals surface area (Å²) >= 11 is 0. The van der Waals surface area contributed by atoms with Gasteiger partial charge in [0.05, 0.1) is 4.92 Å². The summed E-state index contributed by atoms with van der Waals surface area (Å²) in [4.78, 5) is 27.6. The summed E-state index contributed by atoms with van der Waals surface area (Å²) in [5.41, 5.74) is 0.473. The van der Waals surface area contributed by atoms with Crippen LogP contribution < -0.4 is 5.32 Å². The largest absolute Gasteiger partial charge is 0.363 e. The molecule has 7 nitrogen and oxygen atoms in total. The molecule has 1 fully saturated rings. The quantitative estimate of drug-likeness (QED) is 0.654. The molecule has 19 heavy (non-hydrogen) atoms. The first kappa shape index (κ1) is 13.0. The average Bonchev–Trinajstić information content (AvgIpc) is 2.75. The van der Waals surface area contributed by atoms with Crippen LogP contribution in [-0.2, 0) is 0 Å². The van der Waals surface area contributed by atoms with Gasteiger partial charge in [-0.05, 0) is 18.6 Å². The number of amidine groups is 1. The molecule has 1 aromatic carbocycles. The van der Waals surface area contributed by atoms with Crippen LogP contribution in [0.5, 0.6) is 0 Å². The summed E-state index contributed by atoms with van der Waals surface area (Å²) in [5, 5.41) is 13.1. The third-order valence-corrected chi connectivity index (χ3v) is 2.89. The van der Waals surface area contributed by atoms with E-state index in [9.17, 15) is 14.9 Å². The molecule has 1 aromatic rings. The van der Waals surface area contributed by atoms with E-state index < -0.39 is 11.0 Å². The van der Waals surface area contributed by atoms with Crippen LogP contribution in [0.15, 0.2) is 29.3 Å². The SMILES string of the molecule is CN1CCC/C1=N\C(=O)Nc1ccc([N+](=O)[O-])cc1. The Morgan fingerprint density at radius 1 is 1.42 bits per heavy atom. The van der Waals surface area contributed by atoms with Crippen molar-refractivity contribution in [2.24, 2.45) is 4.99 Å². The number of nitro groups is 1. The minimum absolute atomic E-state index is 0.0140. The Bertz CT molecular complexity index is 524. The summed E-state index contributed by atoms with van der Waals surface area (Å²) < 4.78 is 0. The number of amides is 2. The second kappa shape index (κ2) is 5.47. The van der Waals surface area contributed by atoms with Crippen LogP contribution in [0.25, 0.3) is 0 Å². The first-order valence-corrected chi connectivity index (χ1v) is 5.90. The lowest BCUT2D eigenvalue weighted by molar-refractivity contribution is -0.384. The molecule has 1 aliphatic heterocycles. The van der Waals surface area contributed by atoms with Crippen molar-refractivity contribution < 1.29 is 9.72 Å². The van der Waals surface area contributed by atoms with Gasteiger partial charge in [0.1, 0.15) is 5.84 Å². The van der Waals surface area contributed by atoms with E-state index in [0.29, 0.717) is 5.69 Å². The van der Waals surface area contributed by atoms with E-state index in [-0.39, 0.29) is 5.69 Å². The maximum absolute atomic E-state index is 11.7. The van der Waals surface area contributed by atoms with Crippen molar-refractivity contribution in [2.75, 3.05) is 18.9 Å². The Morgan fingerprint density at radius 2 is 2.11 bits per heavy atom. The van der Waals surface area contributed by atoms with Gasteiger partial charge in [0, 0.05) is 37.8 Å². The van der Waals surface area contributed by atoms with Crippen LogP contribution in [0.1, 0.15) is 12.8 Å². The highest BCUT2D eigenvalue weighted by molar-refractivity contribution is 6.00. The van der Waals surface area contributed by atoms with Crippen LogP contribution in [0.3, 0.4) is 0 Å². The molecule has 0 bridgehead atoms. The van der Waals surface area contributed by atoms with E-state index >= 15 is 0 Å². The maximum Gasteiger partial charge on any atom is 0.347 e. The van der Waals surface area contributed by atoms with Gasteiger partial charge in [0.25, 0.3) is 5.69 Å². The maximum atomic E-state index is 11.7. The highest BCUT2D eigenvalue weighted by Crippen LogP contribution is 2.16. The molecule has 100 valence electrons. The number of rotatable bonds is 2. The highest BCUT2D eigenvalue weighted by atomic mass is 16.6. The molecule has 1 saturated heterocycles. The zero-order valence-corrected chi connectivity index (χ0v) is 10.5. The first-order valence-electron chi connectivity index (χ1n) is 5.90. The number of nitrogens with zero attached hydrogens (tertiary/aromatic N) is 3. The van der Waals surface area contributed by atoms with Crippen molar-refractivity contribution in [1.82, 2.24) is 4.90 Å². The van der Waals surface area contributed by atoms with Crippen molar-refractivity contribution in [2.45, 2.75) is 12.8 Å². The number of hydrogen-bond donors (Lipinski definition) is 1. The summed E-state index contributed by atoms with van der Waals surface area (Å²) in [6.07, 6.45) is 1.80. The number of carbonyl (C=O) groups excluding carboxylic acids is 1. The number of hydrogen-bond acceptors (Lipinski definition) is 3. The lowest BCUT2D eigenvalue weighted by Crippen LogP contribution is -2.21. The molecule has 1 N–H and O–H groups in total. The number of anilines is 1. The molecule has 0 atom stereocenters. The molecule has 0 spiro atoms. The van der Waals surface area contributed by atoms with Gasteiger partial charge < -0.3 is 10.2 Å². The van der Waals surface area contributed by atoms with E-state index in [1.54, 1.807) is 0 Å². The Balaban J connectivity index is 2.01. The van der Waals surface area contributed by atoms with Gasteiger partial charge in [-0.1, -0.05) is 0 Å². The Hall–Kier alpha value is -2.44. The van der Waals surface area contributed by atoms with Crippen LogP contribution in [0.4, 0.5) is 16.2 Å². The summed E-state index contributed by atoms with van der Waals surface area (Å²) in [6.45, 7) is 0.906. The van der Waals surface area contributed by atoms with Crippen molar-refractivity contribution in [1.29, 1.82) is 0 Å². The van der Waals surface area contributed by atoms with Crippen molar-refractivity contribution >= 4 is 23.2 Å². The number of carbonyl (C=O) groups is 1. The van der Waals surface area contributed by atoms with E-state index in [2.05, 4.69) is 10.3 Å². The van der Waals surface area contributed by atoms with E-state index in [1.165, 1.54) is 24.3 Å². The second-order valence-corrected chi connectivity index (χ2v) is 4.29. The number of nitrogens with one attached hydrogen (secondary N) is 1. The zero-order valence-electron chi connectivity index (χ0n) is 10.5. The lowest BCUT2D eigenvalue weighted by Gasteiger charge is -2.10. The van der Waals surface area contributed by atoms with Crippen LogP contribution in [-0.4, -0.2) is 35.3 Å². The van der Waals surface area contributed by atoms with E-state index in [4.69, 9.17) is 0 Å². The zero-order chi connectivity index (χ0) is 13.8. The smallest absolute Gasteiger partial charge is 0.347 e. The standard InChI is InChI=1S/C12H14N4O3/c1-15-8-2-3-11(15)14-12(17)13-9-4-6-10(7-5-9)16(18)19/h4-7H,2-3,8H2,1H3,(H,13,17)/b14-11+. The molecular formula is C12H14N4O3. The third kappa shape index (κ3) is 3.27. The lowest BCUT2D eigenvalue weighted by atomic mass is 10.3. The van der Waals surface area contributed by atoms with Crippen molar-refractivity contribution in [3.8, 4) is 0 Å². The van der Waals surface area contributed by atoms with Gasteiger partial charge in [-0.15, -0.1) is 0 Å². The molecule has 0 aliphatic carbocycles. The Labute approximate surface area is 110 Å². The monoisotopic (exact) mass is 262 g/mol. The third-order valence-electron chi connectivity index (χ3n) is 2.89. The van der Waals surface area contributed by atoms with Crippen LogP contribution >= 0.6 is 0 Å². The van der Waals surface area contributed by atoms with Gasteiger partial charge in [-0.25, -0.2) is 4.79 Å². The normalized spacial score (nSPS) is 16.7. The number of aliphatic imine (C=N–C) groups is 1. The molecule has 2 amide bonds. The molecule has 0 radical (unpaired) electrons. The number of likely N-dealkylation sites (tertiary alicyclic amines) is 1. The fourth-order valence-electron chi connectivity index (χ4n) is 1.87. The summed E-state index contributed by atoms with van der Waals surface area (Å²) in [6, 6.07) is 5.18. The van der Waals surface area contributed by atoms with Crippen LogP contribution in [0.2, 0.25) is 0 Å². The van der Waals surface area contributed by atoms with Crippen molar-refractivity contribution in [3.05, 3.63) is 34.4 Å². The van der Waals surface area contributed by atoms with Crippen molar-refractivity contribution in [3.63, 3.8) is 0 Å². The van der Waals surface area contributed by atoms with Gasteiger partial charge in [-0.3, -0.25) is 10.1 Å². The number of non-ortho nitro benzene ring substituents is 1. The Morgan fingerprint density at radius 3 is 2.63 bits per heavy atom. The molecule has 2 rings (SSSR count). The first-order chi connectivity index (χ1) is 9.06. The molecule has 0 unspecified atom stereocenters. The summed E-state index contributed by atoms with van der Waals surface area (Å²) in [5.74, 6) is 0.763. The van der Waals surface area contributed by atoms with E-state index in [1.807, 2.05) is 11.9 Å². The minimum Gasteiger partial charge on any atom is -0.363 e. The average molecular weight is 262 g/mol. The molecule has 7 heteroatoms. The number of nitro benzene ring substituents is 1. The molecule has 0 aromatic heterocycles. The number of benzene rings is 1. The molecule has 0 saturated carbocycles. The highest BCUT2D eigenvalue weighted by Gasteiger charge is 2.15. The predicted octanol–water partition coefficient (Wildman–Crippen LogP) is 2.25. The van der Waals surface area contributed by atoms with Crippen LogP contribution in [0, 0.1) is 10.1 Å². The van der Waals surface area contributed by atoms with Gasteiger partial charge in [-0.2, -0.15) is 4.99 Å². The molecular weight excluding hydrogens is 248 g/mol.